The monoisotopic (exact) mass is 140 g/mol. The fraction of sp³-hybridized carbons (Fsp3) is 1.00. The maximum absolute atomic E-state index is 6.86. The van der Waals surface area contributed by atoms with Crippen LogP contribution in [-0.4, -0.2) is 7.28 Å². The van der Waals surface area contributed by atoms with Crippen LogP contribution in [0.25, 0.3) is 10.4 Å². The van der Waals surface area contributed by atoms with Crippen LogP contribution < -0.4 is 0 Å². The van der Waals surface area contributed by atoms with Crippen LogP contribution in [0.1, 0.15) is 27.7 Å². The van der Waals surface area contributed by atoms with Gasteiger partial charge in [-0.3, -0.25) is 0 Å². The minimum Gasteiger partial charge on any atom is -0.108 e. The van der Waals surface area contributed by atoms with Gasteiger partial charge in [-0.2, -0.15) is 0 Å². The second kappa shape index (κ2) is 8.37. The Bertz CT molecular complexity index is 89.2. The summed E-state index contributed by atoms with van der Waals surface area (Å²) in [6.45, 7) is 8.83. The van der Waals surface area contributed by atoms with Crippen LogP contribution in [0.2, 0.25) is 11.6 Å². The largest absolute Gasteiger partial charge is 0.116 e. The predicted molar refractivity (Wildman–Crippen MR) is 45.4 cm³/mol. The van der Waals surface area contributed by atoms with Crippen molar-refractivity contribution in [2.75, 3.05) is 0 Å². The van der Waals surface area contributed by atoms with E-state index in [-0.39, 0.29) is 0 Å². The van der Waals surface area contributed by atoms with E-state index in [0.717, 1.165) is 11.6 Å². The van der Waals surface area contributed by atoms with E-state index in [2.05, 4.69) is 35.0 Å². The first-order chi connectivity index (χ1) is 4.54. The Morgan fingerprint density at radius 3 is 1.40 bits per heavy atom. The van der Waals surface area contributed by atoms with E-state index in [1.165, 1.54) is 0 Å². The first-order valence-corrected chi connectivity index (χ1v) is 3.40. The van der Waals surface area contributed by atoms with E-state index in [9.17, 15) is 0 Å². The summed E-state index contributed by atoms with van der Waals surface area (Å²) >= 11 is 0. The molecule has 4 heteroatoms. The molecule has 0 atom stereocenters. The van der Waals surface area contributed by atoms with Crippen LogP contribution in [-0.2, 0) is 0 Å². The van der Waals surface area contributed by atoms with Crippen molar-refractivity contribution in [3.05, 3.63) is 10.4 Å². The lowest BCUT2D eigenvalue weighted by Crippen LogP contribution is -1.98. The summed E-state index contributed by atoms with van der Waals surface area (Å²) in [5.41, 5.74) is 12.2. The van der Waals surface area contributed by atoms with Gasteiger partial charge in [-0.15, -0.1) is 5.53 Å². The van der Waals surface area contributed by atoms with Gasteiger partial charge in [-0.25, -0.2) is 0 Å². The molecule has 0 amide bonds. The maximum atomic E-state index is 6.86. The van der Waals surface area contributed by atoms with Crippen LogP contribution in [0.3, 0.4) is 0 Å². The third-order valence-corrected chi connectivity index (χ3v) is 0.770. The summed E-state index contributed by atoms with van der Waals surface area (Å²) in [4.78, 5) is 1.75. The smallest absolute Gasteiger partial charge is 0.108 e. The Morgan fingerprint density at radius 2 is 1.40 bits per heavy atom. The van der Waals surface area contributed by atoms with E-state index in [0.29, 0.717) is 0 Å². The number of nitrogens with zero attached hydrogens (tertiary/aromatic N) is 2. The van der Waals surface area contributed by atoms with Crippen molar-refractivity contribution >= 4 is 7.28 Å². The van der Waals surface area contributed by atoms with Crippen molar-refractivity contribution in [3.63, 3.8) is 0 Å². The molecule has 0 aromatic heterocycles. The zero-order valence-electron chi connectivity index (χ0n) is 7.13. The molecule has 10 heavy (non-hydrogen) atoms. The van der Waals surface area contributed by atoms with Gasteiger partial charge in [0.2, 0.25) is 0 Å². The molecule has 0 aliphatic carbocycles. The van der Waals surface area contributed by atoms with Gasteiger partial charge < -0.3 is 0 Å². The van der Waals surface area contributed by atoms with Crippen LogP contribution in [0.15, 0.2) is 0 Å². The lowest BCUT2D eigenvalue weighted by Gasteiger charge is -2.03. The van der Waals surface area contributed by atoms with Crippen molar-refractivity contribution in [1.29, 1.82) is 5.53 Å². The summed E-state index contributed by atoms with van der Waals surface area (Å²) in [6.07, 6.45) is 0. The normalized spacial score (nSPS) is 8.20. The standard InChI is InChI=1S/C6H14B.HN3/c1-5(2)7-6(3)4;1-3-2/h5-6H,1-4H3;1H. The van der Waals surface area contributed by atoms with E-state index in [4.69, 9.17) is 11.1 Å². The minimum atomic E-state index is 0.750. The second-order valence-electron chi connectivity index (χ2n) is 2.78. The van der Waals surface area contributed by atoms with Crippen molar-refractivity contribution in [3.8, 4) is 0 Å². The second-order valence-corrected chi connectivity index (χ2v) is 2.78. The highest BCUT2D eigenvalue weighted by Crippen LogP contribution is 2.07. The Labute approximate surface area is 63.5 Å². The van der Waals surface area contributed by atoms with Gasteiger partial charge in [0.15, 0.2) is 0 Å². The van der Waals surface area contributed by atoms with Gasteiger partial charge in [-0.05, 0) is 10.4 Å². The lowest BCUT2D eigenvalue weighted by atomic mass is 9.58. The Hall–Kier alpha value is -0.625. The molecule has 0 aromatic carbocycles. The van der Waals surface area contributed by atoms with Gasteiger partial charge in [0.25, 0.3) is 0 Å². The van der Waals surface area contributed by atoms with Gasteiger partial charge >= 0.3 is 0 Å². The third-order valence-electron chi connectivity index (χ3n) is 0.770. The highest BCUT2D eigenvalue weighted by atomic mass is 15.0. The number of hydrogen-bond donors (Lipinski definition) is 1. The third kappa shape index (κ3) is 26.3. The SMILES string of the molecule is CC(C)[B]C(C)C.[N-]=[N+]=N. The quantitative estimate of drug-likeness (QED) is 0.265. The molecule has 0 unspecified atom stereocenters. The molecule has 0 aliphatic heterocycles. The van der Waals surface area contributed by atoms with E-state index < -0.39 is 0 Å². The fourth-order valence-corrected chi connectivity index (χ4v) is 0.770. The van der Waals surface area contributed by atoms with E-state index in [1.807, 2.05) is 0 Å². The van der Waals surface area contributed by atoms with E-state index in [1.54, 1.807) is 4.91 Å². The fourth-order valence-electron chi connectivity index (χ4n) is 0.770. The van der Waals surface area contributed by atoms with Crippen LogP contribution in [0.5, 0.6) is 0 Å². The Balaban J connectivity index is 0. The highest BCUT2D eigenvalue weighted by Gasteiger charge is 1.98. The molecule has 0 aromatic rings. The van der Waals surface area contributed by atoms with Crippen molar-refractivity contribution in [1.82, 2.24) is 0 Å². The number of nitrogens with one attached hydrogen (secondary N) is 1. The summed E-state index contributed by atoms with van der Waals surface area (Å²) in [5.74, 6) is 1.50. The van der Waals surface area contributed by atoms with Gasteiger partial charge in [0.05, 0.1) is 0 Å². The molecule has 0 saturated heterocycles. The molecule has 0 heterocycles. The molecular formula is C6H15BN3. The average molecular weight is 140 g/mol. The van der Waals surface area contributed by atoms with Crippen molar-refractivity contribution in [2.45, 2.75) is 39.3 Å². The number of rotatable bonds is 2. The minimum absolute atomic E-state index is 0.750. The summed E-state index contributed by atoms with van der Waals surface area (Å²) < 4.78 is 0. The topological polar surface area (TPSA) is 60.3 Å². The van der Waals surface area contributed by atoms with Crippen molar-refractivity contribution < 1.29 is 0 Å². The summed E-state index contributed by atoms with van der Waals surface area (Å²) in [6, 6.07) is 0. The van der Waals surface area contributed by atoms with E-state index >= 15 is 0 Å². The molecule has 57 valence electrons. The molecule has 0 bridgehead atoms. The molecule has 1 N–H and O–H groups in total. The van der Waals surface area contributed by atoms with Crippen LogP contribution >= 0.6 is 0 Å². The zero-order valence-corrected chi connectivity index (χ0v) is 7.13. The molecule has 0 saturated carbocycles. The molecule has 0 aliphatic rings. The summed E-state index contributed by atoms with van der Waals surface area (Å²) in [7, 11) is 2.33. The average Bonchev–Trinajstić information content (AvgIpc) is 1.62. The highest BCUT2D eigenvalue weighted by molar-refractivity contribution is 6.38. The summed E-state index contributed by atoms with van der Waals surface area (Å²) in [5, 5.41) is 0. The number of hydrogen-bond acceptors (Lipinski definition) is 1. The molecule has 0 fully saturated rings. The van der Waals surface area contributed by atoms with Gasteiger partial charge in [0.1, 0.15) is 7.28 Å². The first kappa shape index (κ1) is 12.1. The predicted octanol–water partition coefficient (Wildman–Crippen LogP) is 3.22. The lowest BCUT2D eigenvalue weighted by molar-refractivity contribution is 0.971. The maximum Gasteiger partial charge on any atom is 0.116 e. The Kier molecular flexibility index (Phi) is 10.1. The van der Waals surface area contributed by atoms with Gasteiger partial charge in [-0.1, -0.05) is 39.3 Å². The molecule has 0 spiro atoms. The van der Waals surface area contributed by atoms with Crippen LogP contribution in [0.4, 0.5) is 0 Å². The van der Waals surface area contributed by atoms with Crippen LogP contribution in [0, 0.1) is 5.53 Å². The molecule has 3 nitrogen and oxygen atoms in total. The molecule has 0 rings (SSSR count). The van der Waals surface area contributed by atoms with Crippen molar-refractivity contribution in [2.24, 2.45) is 0 Å². The Morgan fingerprint density at radius 1 is 1.20 bits per heavy atom. The van der Waals surface area contributed by atoms with Gasteiger partial charge in [0, 0.05) is 0 Å². The molecule has 1 radical (unpaired) electrons. The molecular weight excluding hydrogens is 125 g/mol. The first-order valence-electron chi connectivity index (χ1n) is 3.40. The zero-order chi connectivity index (χ0) is 8.57.